The van der Waals surface area contributed by atoms with Crippen LogP contribution in [0.5, 0.6) is 11.5 Å². The van der Waals surface area contributed by atoms with Crippen LogP contribution < -0.4 is 14.4 Å². The first kappa shape index (κ1) is 13.2. The Morgan fingerprint density at radius 3 is 2.35 bits per heavy atom. The SMILES string of the molecule is COc1ccc(N(C)C(C)C(=O)O)cc1OC. The molecule has 1 aromatic rings. The maximum atomic E-state index is 10.9. The number of carbonyl (C=O) groups is 1. The zero-order valence-corrected chi connectivity index (χ0v) is 10.4. The van der Waals surface area contributed by atoms with Crippen LogP contribution >= 0.6 is 0 Å². The molecule has 17 heavy (non-hydrogen) atoms. The largest absolute Gasteiger partial charge is 0.493 e. The van der Waals surface area contributed by atoms with E-state index < -0.39 is 12.0 Å². The Hall–Kier alpha value is -1.91. The fraction of sp³-hybridized carbons (Fsp3) is 0.417. The van der Waals surface area contributed by atoms with Crippen LogP contribution in [0, 0.1) is 0 Å². The zero-order valence-electron chi connectivity index (χ0n) is 10.4. The summed E-state index contributed by atoms with van der Waals surface area (Å²) >= 11 is 0. The second-order valence-electron chi connectivity index (χ2n) is 3.66. The van der Waals surface area contributed by atoms with Crippen molar-refractivity contribution in [1.82, 2.24) is 0 Å². The van der Waals surface area contributed by atoms with Gasteiger partial charge in [0.25, 0.3) is 0 Å². The number of nitrogens with zero attached hydrogens (tertiary/aromatic N) is 1. The zero-order chi connectivity index (χ0) is 13.0. The number of carboxylic acids is 1. The van der Waals surface area contributed by atoms with Crippen LogP contribution in [-0.4, -0.2) is 38.4 Å². The molecule has 0 spiro atoms. The van der Waals surface area contributed by atoms with Crippen LogP contribution in [0.4, 0.5) is 5.69 Å². The number of methoxy groups -OCH3 is 2. The number of aliphatic carboxylic acids is 1. The lowest BCUT2D eigenvalue weighted by atomic mass is 10.2. The number of rotatable bonds is 5. The van der Waals surface area contributed by atoms with Crippen LogP contribution in [0.3, 0.4) is 0 Å². The Labute approximate surface area is 101 Å². The normalized spacial score (nSPS) is 11.8. The topological polar surface area (TPSA) is 59.0 Å². The van der Waals surface area contributed by atoms with Crippen LogP contribution in [0.25, 0.3) is 0 Å². The molecule has 1 N–H and O–H groups in total. The van der Waals surface area contributed by atoms with Gasteiger partial charge in [-0.3, -0.25) is 0 Å². The van der Waals surface area contributed by atoms with Gasteiger partial charge in [0.05, 0.1) is 14.2 Å². The van der Waals surface area contributed by atoms with E-state index in [9.17, 15) is 4.79 Å². The van der Waals surface area contributed by atoms with Crippen LogP contribution in [0.15, 0.2) is 18.2 Å². The number of likely N-dealkylation sites (N-methyl/N-ethyl adjacent to an activating group) is 1. The van der Waals surface area contributed by atoms with Crippen LogP contribution in [0.1, 0.15) is 6.92 Å². The van der Waals surface area contributed by atoms with E-state index in [2.05, 4.69) is 0 Å². The molecular formula is C12H17NO4. The number of ether oxygens (including phenoxy) is 2. The molecule has 0 bridgehead atoms. The monoisotopic (exact) mass is 239 g/mol. The third kappa shape index (κ3) is 2.81. The molecule has 0 radical (unpaired) electrons. The summed E-state index contributed by atoms with van der Waals surface area (Å²) in [7, 11) is 4.82. The lowest BCUT2D eigenvalue weighted by molar-refractivity contribution is -0.138. The molecule has 0 amide bonds. The lowest BCUT2D eigenvalue weighted by Gasteiger charge is -2.24. The molecule has 0 fully saturated rings. The smallest absolute Gasteiger partial charge is 0.326 e. The van der Waals surface area contributed by atoms with Crippen molar-refractivity contribution in [2.45, 2.75) is 13.0 Å². The highest BCUT2D eigenvalue weighted by molar-refractivity contribution is 5.77. The van der Waals surface area contributed by atoms with E-state index in [1.165, 1.54) is 0 Å². The Morgan fingerprint density at radius 2 is 1.88 bits per heavy atom. The molecule has 1 aromatic carbocycles. The van der Waals surface area contributed by atoms with Gasteiger partial charge in [0.2, 0.25) is 0 Å². The number of carboxylic acid groups (broad SMARTS) is 1. The first-order chi connectivity index (χ1) is 8.01. The summed E-state index contributed by atoms with van der Waals surface area (Å²) in [5.41, 5.74) is 0.762. The summed E-state index contributed by atoms with van der Waals surface area (Å²) in [5, 5.41) is 8.94. The molecule has 0 aromatic heterocycles. The maximum Gasteiger partial charge on any atom is 0.326 e. The average Bonchev–Trinajstić information content (AvgIpc) is 2.35. The summed E-state index contributed by atoms with van der Waals surface area (Å²) in [6.45, 7) is 1.62. The molecule has 94 valence electrons. The minimum atomic E-state index is -0.873. The summed E-state index contributed by atoms with van der Waals surface area (Å²) in [5.74, 6) is 0.323. The van der Waals surface area contributed by atoms with Gasteiger partial charge < -0.3 is 19.5 Å². The first-order valence-corrected chi connectivity index (χ1v) is 5.19. The van der Waals surface area contributed by atoms with Gasteiger partial charge in [-0.15, -0.1) is 0 Å². The lowest BCUT2D eigenvalue weighted by Crippen LogP contribution is -2.35. The highest BCUT2D eigenvalue weighted by Crippen LogP contribution is 2.31. The molecule has 0 aliphatic rings. The Balaban J connectivity index is 3.03. The summed E-state index contributed by atoms with van der Waals surface area (Å²) < 4.78 is 10.3. The van der Waals surface area contributed by atoms with Gasteiger partial charge >= 0.3 is 5.97 Å². The minimum Gasteiger partial charge on any atom is -0.493 e. The number of hydrogen-bond acceptors (Lipinski definition) is 4. The van der Waals surface area contributed by atoms with Crippen molar-refractivity contribution in [1.29, 1.82) is 0 Å². The molecule has 0 aliphatic carbocycles. The first-order valence-electron chi connectivity index (χ1n) is 5.19. The van der Waals surface area contributed by atoms with Crippen molar-refractivity contribution in [3.8, 4) is 11.5 Å². The highest BCUT2D eigenvalue weighted by Gasteiger charge is 2.18. The number of benzene rings is 1. The number of hydrogen-bond donors (Lipinski definition) is 1. The standard InChI is InChI=1S/C12H17NO4/c1-8(12(14)15)13(2)9-5-6-10(16-3)11(7-9)17-4/h5-8H,1-4H3,(H,14,15). The van der Waals surface area contributed by atoms with E-state index in [4.69, 9.17) is 14.6 Å². The van der Waals surface area contributed by atoms with E-state index in [0.29, 0.717) is 11.5 Å². The van der Waals surface area contributed by atoms with Gasteiger partial charge in [0.15, 0.2) is 11.5 Å². The molecule has 0 heterocycles. The van der Waals surface area contributed by atoms with Gasteiger partial charge in [0.1, 0.15) is 6.04 Å². The molecule has 0 aliphatic heterocycles. The Bertz CT molecular complexity index is 405. The minimum absolute atomic E-state index is 0.578. The van der Waals surface area contributed by atoms with E-state index in [-0.39, 0.29) is 0 Å². The fourth-order valence-electron chi connectivity index (χ4n) is 1.43. The Kier molecular flexibility index (Phi) is 4.20. The predicted molar refractivity (Wildman–Crippen MR) is 65.0 cm³/mol. The van der Waals surface area contributed by atoms with E-state index in [1.54, 1.807) is 51.3 Å². The quantitative estimate of drug-likeness (QED) is 0.846. The van der Waals surface area contributed by atoms with Crippen molar-refractivity contribution >= 4 is 11.7 Å². The molecular weight excluding hydrogens is 222 g/mol. The summed E-state index contributed by atoms with van der Waals surface area (Å²) in [6, 6.07) is 4.69. The third-order valence-corrected chi connectivity index (χ3v) is 2.71. The molecule has 1 unspecified atom stereocenters. The maximum absolute atomic E-state index is 10.9. The van der Waals surface area contributed by atoms with Crippen molar-refractivity contribution in [3.05, 3.63) is 18.2 Å². The summed E-state index contributed by atoms with van der Waals surface area (Å²) in [4.78, 5) is 12.6. The second kappa shape index (κ2) is 5.43. The molecule has 5 nitrogen and oxygen atoms in total. The molecule has 5 heteroatoms. The fourth-order valence-corrected chi connectivity index (χ4v) is 1.43. The summed E-state index contributed by atoms with van der Waals surface area (Å²) in [6.07, 6.45) is 0. The Morgan fingerprint density at radius 1 is 1.29 bits per heavy atom. The van der Waals surface area contributed by atoms with Gasteiger partial charge in [-0.1, -0.05) is 0 Å². The van der Waals surface area contributed by atoms with Gasteiger partial charge in [-0.2, -0.15) is 0 Å². The highest BCUT2D eigenvalue weighted by atomic mass is 16.5. The van der Waals surface area contributed by atoms with E-state index >= 15 is 0 Å². The van der Waals surface area contributed by atoms with Gasteiger partial charge in [-0.25, -0.2) is 4.79 Å². The van der Waals surface area contributed by atoms with E-state index in [0.717, 1.165) is 5.69 Å². The van der Waals surface area contributed by atoms with Gasteiger partial charge in [0, 0.05) is 18.8 Å². The molecule has 1 rings (SSSR count). The van der Waals surface area contributed by atoms with Crippen molar-refractivity contribution in [3.63, 3.8) is 0 Å². The average molecular weight is 239 g/mol. The van der Waals surface area contributed by atoms with Crippen molar-refractivity contribution < 1.29 is 19.4 Å². The molecule has 1 atom stereocenters. The van der Waals surface area contributed by atoms with Crippen LogP contribution in [0.2, 0.25) is 0 Å². The third-order valence-electron chi connectivity index (χ3n) is 2.71. The molecule has 0 saturated heterocycles. The van der Waals surface area contributed by atoms with Crippen LogP contribution in [-0.2, 0) is 4.79 Å². The molecule has 0 saturated carbocycles. The van der Waals surface area contributed by atoms with Gasteiger partial charge in [-0.05, 0) is 19.1 Å². The van der Waals surface area contributed by atoms with Crippen molar-refractivity contribution in [2.24, 2.45) is 0 Å². The predicted octanol–water partition coefficient (Wildman–Crippen LogP) is 1.61. The number of anilines is 1. The van der Waals surface area contributed by atoms with Crippen molar-refractivity contribution in [2.75, 3.05) is 26.2 Å². The second-order valence-corrected chi connectivity index (χ2v) is 3.66. The van der Waals surface area contributed by atoms with E-state index in [1.807, 2.05) is 0 Å².